The molecule has 0 spiro atoms. The number of alkyl halides is 3. The molecule has 0 fully saturated rings. The summed E-state index contributed by atoms with van der Waals surface area (Å²) in [4.78, 5) is 21.4. The summed E-state index contributed by atoms with van der Waals surface area (Å²) in [7, 11) is 0. The van der Waals surface area contributed by atoms with E-state index in [9.17, 15) is 18.0 Å². The summed E-state index contributed by atoms with van der Waals surface area (Å²) in [5, 5.41) is 0. The third kappa shape index (κ3) is 9.57. The summed E-state index contributed by atoms with van der Waals surface area (Å²) in [6, 6.07) is 13.8. The van der Waals surface area contributed by atoms with Crippen molar-refractivity contribution >= 4 is 5.97 Å². The molecule has 0 bridgehead atoms. The van der Waals surface area contributed by atoms with E-state index in [1.165, 1.54) is 13.8 Å². The highest BCUT2D eigenvalue weighted by molar-refractivity contribution is 5.81. The van der Waals surface area contributed by atoms with E-state index >= 15 is 0 Å². The van der Waals surface area contributed by atoms with Crippen LogP contribution in [0.2, 0.25) is 0 Å². The Hall–Kier alpha value is -3.42. The molecule has 8 heteroatoms. The second kappa shape index (κ2) is 16.3. The number of carbonyl (C=O) groups excluding carboxylic acids is 1. The van der Waals surface area contributed by atoms with Crippen LogP contribution in [0, 0.1) is 0 Å². The van der Waals surface area contributed by atoms with Gasteiger partial charge in [-0.05, 0) is 69.4 Å². The van der Waals surface area contributed by atoms with Gasteiger partial charge in [0.05, 0.1) is 5.56 Å². The zero-order valence-corrected chi connectivity index (χ0v) is 25.1. The first kappa shape index (κ1) is 33.1. The predicted molar refractivity (Wildman–Crippen MR) is 161 cm³/mol. The number of rotatable bonds is 17. The van der Waals surface area contributed by atoms with Gasteiger partial charge in [0.1, 0.15) is 23.8 Å². The quantitative estimate of drug-likeness (QED) is 0.0898. The fourth-order valence-corrected chi connectivity index (χ4v) is 4.61. The lowest BCUT2D eigenvalue weighted by molar-refractivity contribution is -0.147. The van der Waals surface area contributed by atoms with E-state index in [0.717, 1.165) is 44.1 Å². The van der Waals surface area contributed by atoms with E-state index in [2.05, 4.69) is 16.9 Å². The van der Waals surface area contributed by atoms with Crippen molar-refractivity contribution in [2.75, 3.05) is 0 Å². The van der Waals surface area contributed by atoms with Crippen molar-refractivity contribution in [2.24, 2.45) is 0 Å². The van der Waals surface area contributed by atoms with Crippen molar-refractivity contribution in [3.05, 3.63) is 60.9 Å². The Labute approximate surface area is 247 Å². The van der Waals surface area contributed by atoms with Crippen LogP contribution in [0.5, 0.6) is 11.5 Å². The van der Waals surface area contributed by atoms with E-state index in [1.54, 1.807) is 60.9 Å². The number of unbranched alkanes of at least 4 members (excludes halogenated alkanes) is 5. The molecule has 0 saturated carbocycles. The largest absolute Gasteiger partial charge is 0.487 e. The van der Waals surface area contributed by atoms with Crippen LogP contribution >= 0.6 is 0 Å². The minimum absolute atomic E-state index is 0.133. The van der Waals surface area contributed by atoms with Crippen LogP contribution in [0.15, 0.2) is 60.9 Å². The number of hydrogen-bond acceptors (Lipinski definition) is 5. The molecule has 5 nitrogen and oxygen atoms in total. The van der Waals surface area contributed by atoms with Crippen LogP contribution in [-0.4, -0.2) is 40.1 Å². The summed E-state index contributed by atoms with van der Waals surface area (Å²) in [5.74, 6) is 0.140. The van der Waals surface area contributed by atoms with E-state index in [1.807, 2.05) is 6.92 Å². The number of benzene rings is 2. The van der Waals surface area contributed by atoms with E-state index in [-0.39, 0.29) is 12.2 Å². The summed E-state index contributed by atoms with van der Waals surface area (Å²) < 4.78 is 54.6. The third-order valence-electron chi connectivity index (χ3n) is 7.27. The second-order valence-corrected chi connectivity index (χ2v) is 11.0. The number of ether oxygens (including phenoxy) is 2. The summed E-state index contributed by atoms with van der Waals surface area (Å²) >= 11 is 0. The second-order valence-electron chi connectivity index (χ2n) is 11.0. The van der Waals surface area contributed by atoms with Crippen LogP contribution < -0.4 is 9.47 Å². The van der Waals surface area contributed by atoms with E-state index < -0.39 is 30.1 Å². The first-order valence-corrected chi connectivity index (χ1v) is 15.0. The molecule has 1 aromatic heterocycles. The van der Waals surface area contributed by atoms with Gasteiger partial charge in [0.2, 0.25) is 5.67 Å². The molecule has 42 heavy (non-hydrogen) atoms. The van der Waals surface area contributed by atoms with Gasteiger partial charge in [0.15, 0.2) is 12.0 Å². The smallest absolute Gasteiger partial charge is 0.348 e. The third-order valence-corrected chi connectivity index (χ3v) is 7.27. The van der Waals surface area contributed by atoms with Gasteiger partial charge in [-0.2, -0.15) is 0 Å². The predicted octanol–water partition coefficient (Wildman–Crippen LogP) is 9.44. The molecule has 0 N–H and O–H groups in total. The lowest BCUT2D eigenvalue weighted by atomic mass is 9.99. The van der Waals surface area contributed by atoms with Crippen LogP contribution in [0.1, 0.15) is 85.5 Å². The Morgan fingerprint density at radius 1 is 0.881 bits per heavy atom. The highest BCUT2D eigenvalue weighted by Crippen LogP contribution is 2.32. The molecule has 0 aliphatic carbocycles. The van der Waals surface area contributed by atoms with Gasteiger partial charge in [-0.15, -0.1) is 0 Å². The van der Waals surface area contributed by atoms with Crippen LogP contribution in [0.4, 0.5) is 13.2 Å². The molecule has 228 valence electrons. The van der Waals surface area contributed by atoms with Gasteiger partial charge in [0, 0.05) is 18.0 Å². The fraction of sp³-hybridized carbons (Fsp3) is 0.500. The summed E-state index contributed by atoms with van der Waals surface area (Å²) in [5.41, 5.74) is 0.0287. The Balaban J connectivity index is 1.67. The normalized spacial score (nSPS) is 14.9. The molecule has 2 aromatic carbocycles. The number of esters is 1. The monoisotopic (exact) mass is 584 g/mol. The van der Waals surface area contributed by atoms with Crippen molar-refractivity contribution in [2.45, 2.75) is 110 Å². The van der Waals surface area contributed by atoms with Crippen LogP contribution in [-0.2, 0) is 4.79 Å². The average Bonchev–Trinajstić information content (AvgIpc) is 2.99. The van der Waals surface area contributed by atoms with Crippen LogP contribution in [0.25, 0.3) is 22.5 Å². The molecule has 0 saturated heterocycles. The van der Waals surface area contributed by atoms with Gasteiger partial charge in [-0.25, -0.2) is 27.9 Å². The van der Waals surface area contributed by atoms with E-state index in [4.69, 9.17) is 9.47 Å². The average molecular weight is 585 g/mol. The minimum Gasteiger partial charge on any atom is -0.487 e. The zero-order valence-electron chi connectivity index (χ0n) is 25.1. The number of carbonyl (C=O) groups is 1. The number of aromatic nitrogens is 2. The summed E-state index contributed by atoms with van der Waals surface area (Å²) in [6.45, 7) is 6.58. The maximum Gasteiger partial charge on any atom is 0.348 e. The topological polar surface area (TPSA) is 61.3 Å². The van der Waals surface area contributed by atoms with Crippen molar-refractivity contribution in [1.82, 2.24) is 9.97 Å². The number of hydrogen-bond donors (Lipinski definition) is 0. The standard InChI is InChI=1S/C34H43F3N2O3/c1-5-7-9-10-13-21-34(4,37)33(40)41-27-19-17-25(18-20-27)26-22-38-32(39-23-26)28-14-11-12-16-29(28)42-30(15-8-6-2)31(36)24(3)35/h11-12,14,16-20,22-24,30-31H,5-10,13,15,21H2,1-4H3. The number of para-hydroxylation sites is 1. The van der Waals surface area contributed by atoms with Gasteiger partial charge in [0.25, 0.3) is 0 Å². The number of nitrogens with zero attached hydrogens (tertiary/aromatic N) is 2. The molecular weight excluding hydrogens is 541 g/mol. The lowest BCUT2D eigenvalue weighted by Crippen LogP contribution is -2.34. The molecule has 0 aliphatic heterocycles. The lowest BCUT2D eigenvalue weighted by Gasteiger charge is -2.24. The van der Waals surface area contributed by atoms with Crippen LogP contribution in [0.3, 0.4) is 0 Å². The minimum atomic E-state index is -2.04. The number of halogens is 3. The van der Waals surface area contributed by atoms with Gasteiger partial charge in [-0.3, -0.25) is 0 Å². The Bertz CT molecular complexity index is 1230. The molecule has 0 amide bonds. The van der Waals surface area contributed by atoms with Gasteiger partial charge >= 0.3 is 5.97 Å². The first-order chi connectivity index (χ1) is 20.2. The maximum atomic E-state index is 14.9. The SMILES string of the molecule is CCCCCCCC(C)(F)C(=O)Oc1ccc(-c2cnc(-c3ccccc3OC(CCCC)C(F)C(C)F)nc2)cc1. The Morgan fingerprint density at radius 3 is 2.17 bits per heavy atom. The van der Waals surface area contributed by atoms with Gasteiger partial charge < -0.3 is 9.47 Å². The van der Waals surface area contributed by atoms with Crippen molar-refractivity contribution in [3.63, 3.8) is 0 Å². The van der Waals surface area contributed by atoms with Crippen molar-refractivity contribution < 1.29 is 27.4 Å². The molecule has 3 aromatic rings. The highest BCUT2D eigenvalue weighted by Gasteiger charge is 2.34. The molecule has 1 heterocycles. The summed E-state index contributed by atoms with van der Waals surface area (Å²) in [6.07, 6.45) is 5.86. The van der Waals surface area contributed by atoms with Crippen molar-refractivity contribution in [1.29, 1.82) is 0 Å². The molecule has 4 unspecified atom stereocenters. The zero-order chi connectivity index (χ0) is 30.5. The first-order valence-electron chi connectivity index (χ1n) is 15.0. The van der Waals surface area contributed by atoms with Crippen molar-refractivity contribution in [3.8, 4) is 34.0 Å². The Kier molecular flexibility index (Phi) is 12.8. The molecular formula is C34H43F3N2O3. The van der Waals surface area contributed by atoms with Gasteiger partial charge in [-0.1, -0.05) is 70.2 Å². The van der Waals surface area contributed by atoms with E-state index in [0.29, 0.717) is 35.5 Å². The Morgan fingerprint density at radius 2 is 1.52 bits per heavy atom. The molecule has 0 radical (unpaired) electrons. The molecule has 3 rings (SSSR count). The highest BCUT2D eigenvalue weighted by atomic mass is 19.2. The fourth-order valence-electron chi connectivity index (χ4n) is 4.61. The molecule has 0 aliphatic rings. The molecule has 4 atom stereocenters. The maximum absolute atomic E-state index is 14.9.